The molecule has 0 bridgehead atoms. The molecule has 0 aliphatic heterocycles. The third-order valence-corrected chi connectivity index (χ3v) is 3.04. The fraction of sp³-hybridized carbons (Fsp3) is 0.800. The molecule has 0 unspecified atom stereocenters. The fourth-order valence-electron chi connectivity index (χ4n) is 0.442. The van der Waals surface area contributed by atoms with E-state index in [1.165, 1.54) is 0 Å². The van der Waals surface area contributed by atoms with Gasteiger partial charge < -0.3 is 0 Å². The van der Waals surface area contributed by atoms with Gasteiger partial charge in [0.1, 0.15) is 0 Å². The Hall–Kier alpha value is 0.259. The van der Waals surface area contributed by atoms with Gasteiger partial charge in [0, 0.05) is 0 Å². The summed E-state index contributed by atoms with van der Waals surface area (Å²) in [4.78, 5) is 2.35. The molecule has 0 N–H and O–H groups in total. The van der Waals surface area contributed by atoms with Gasteiger partial charge in [0.15, 0.2) is 0 Å². The van der Waals surface area contributed by atoms with Crippen molar-refractivity contribution >= 4 is 15.0 Å². The van der Waals surface area contributed by atoms with E-state index in [1.54, 1.807) is 0 Å². The summed E-state index contributed by atoms with van der Waals surface area (Å²) in [5.41, 5.74) is 0.354. The summed E-state index contributed by atoms with van der Waals surface area (Å²) >= 11 is 0.639. The molecule has 0 saturated heterocycles. The molecule has 0 spiro atoms. The molecule has 0 nitrogen and oxygen atoms in total. The van der Waals surface area contributed by atoms with Crippen LogP contribution < -0.4 is 0 Å². The van der Waals surface area contributed by atoms with Crippen LogP contribution in [0, 0.1) is 5.41 Å². The minimum absolute atomic E-state index is 0.354. The molecule has 0 aliphatic carbocycles. The molecule has 0 amide bonds. The van der Waals surface area contributed by atoms with Crippen LogP contribution in [0.3, 0.4) is 0 Å². The van der Waals surface area contributed by atoms with Gasteiger partial charge in [-0.15, -0.1) is 0 Å². The van der Waals surface area contributed by atoms with E-state index in [4.69, 9.17) is 0 Å². The van der Waals surface area contributed by atoms with Crippen LogP contribution in [0.25, 0.3) is 0 Å². The van der Waals surface area contributed by atoms with E-state index >= 15 is 0 Å². The zero-order valence-electron chi connectivity index (χ0n) is 8.56. The van der Waals surface area contributed by atoms with Crippen LogP contribution in [0.15, 0.2) is 11.1 Å². The summed E-state index contributed by atoms with van der Waals surface area (Å²) in [5.74, 6) is 0. The second-order valence-corrected chi connectivity index (χ2v) is 8.53. The Morgan fingerprint density at radius 1 is 0.909 bits per heavy atom. The molecular formula is C10H20Se. The van der Waals surface area contributed by atoms with E-state index < -0.39 is 0 Å². The Kier molecular flexibility index (Phi) is 3.87. The normalized spacial score (nSPS) is 14.4. The molecule has 0 atom stereocenters. The molecule has 0 heterocycles. The second kappa shape index (κ2) is 3.78. The molecule has 0 rings (SSSR count). The van der Waals surface area contributed by atoms with E-state index in [-0.39, 0.29) is 0 Å². The van der Waals surface area contributed by atoms with Gasteiger partial charge in [-0.25, -0.2) is 0 Å². The molecular weight excluding hydrogens is 199 g/mol. The van der Waals surface area contributed by atoms with E-state index in [1.807, 2.05) is 0 Å². The average molecular weight is 219 g/mol. The van der Waals surface area contributed by atoms with Crippen molar-refractivity contribution in [3.05, 3.63) is 11.1 Å². The maximum atomic E-state index is 2.35. The van der Waals surface area contributed by atoms with Crippen LogP contribution >= 0.6 is 0 Å². The van der Waals surface area contributed by atoms with E-state index in [0.717, 1.165) is 0 Å². The summed E-state index contributed by atoms with van der Waals surface area (Å²) in [6, 6.07) is 0. The molecule has 0 aromatic rings. The SMILES string of the molecule is CC(C)(C)/C=C\[Se]C(C)(C)C. The Morgan fingerprint density at radius 2 is 1.36 bits per heavy atom. The average Bonchev–Trinajstić information content (AvgIpc) is 1.55. The van der Waals surface area contributed by atoms with Crippen LogP contribution in [0.5, 0.6) is 0 Å². The Morgan fingerprint density at radius 3 is 1.64 bits per heavy atom. The van der Waals surface area contributed by atoms with Crippen LogP contribution in [-0.2, 0) is 0 Å². The molecule has 0 aromatic carbocycles. The standard InChI is InChI=1S/C10H20Se/c1-9(2,3)7-8-11-10(4,5)6/h7-8H,1-6H3/b8-7-. The molecule has 11 heavy (non-hydrogen) atoms. The maximum absolute atomic E-state index is 2.35. The summed E-state index contributed by atoms with van der Waals surface area (Å²) in [5, 5.41) is 0. The Labute approximate surface area is 77.6 Å². The van der Waals surface area contributed by atoms with Gasteiger partial charge in [0.25, 0.3) is 0 Å². The summed E-state index contributed by atoms with van der Waals surface area (Å²) in [7, 11) is 0. The van der Waals surface area contributed by atoms with Gasteiger partial charge in [-0.3, -0.25) is 0 Å². The van der Waals surface area contributed by atoms with Crippen LogP contribution in [0.1, 0.15) is 41.5 Å². The first-order valence-corrected chi connectivity index (χ1v) is 5.91. The van der Waals surface area contributed by atoms with Crippen LogP contribution in [0.4, 0.5) is 0 Å². The van der Waals surface area contributed by atoms with Crippen molar-refractivity contribution in [2.75, 3.05) is 0 Å². The predicted molar refractivity (Wildman–Crippen MR) is 54.1 cm³/mol. The molecule has 0 radical (unpaired) electrons. The second-order valence-electron chi connectivity index (χ2n) is 4.90. The van der Waals surface area contributed by atoms with Crippen molar-refractivity contribution < 1.29 is 0 Å². The first-order chi connectivity index (χ1) is 4.71. The van der Waals surface area contributed by atoms with Crippen molar-refractivity contribution in [1.82, 2.24) is 0 Å². The van der Waals surface area contributed by atoms with E-state index in [9.17, 15) is 0 Å². The van der Waals surface area contributed by atoms with Gasteiger partial charge in [0.05, 0.1) is 0 Å². The van der Waals surface area contributed by atoms with Crippen LogP contribution in [-0.4, -0.2) is 15.0 Å². The summed E-state index contributed by atoms with van der Waals surface area (Å²) in [6.45, 7) is 13.6. The zero-order chi connectivity index (χ0) is 9.12. The molecule has 1 heteroatoms. The molecule has 0 fully saturated rings. The number of hydrogen-bond donors (Lipinski definition) is 0. The molecule has 0 saturated carbocycles. The third-order valence-electron chi connectivity index (χ3n) is 0.990. The summed E-state index contributed by atoms with van der Waals surface area (Å²) < 4.78 is 0.495. The zero-order valence-corrected chi connectivity index (χ0v) is 10.3. The number of hydrogen-bond acceptors (Lipinski definition) is 0. The van der Waals surface area contributed by atoms with Gasteiger partial charge in [-0.05, 0) is 0 Å². The monoisotopic (exact) mass is 220 g/mol. The van der Waals surface area contributed by atoms with Gasteiger partial charge >= 0.3 is 77.3 Å². The van der Waals surface area contributed by atoms with E-state index in [0.29, 0.717) is 24.7 Å². The van der Waals surface area contributed by atoms with Crippen molar-refractivity contribution in [3.8, 4) is 0 Å². The Bertz CT molecular complexity index is 132. The van der Waals surface area contributed by atoms with Gasteiger partial charge in [-0.2, -0.15) is 0 Å². The van der Waals surface area contributed by atoms with Crippen molar-refractivity contribution in [2.45, 2.75) is 45.9 Å². The molecule has 0 aromatic heterocycles. The van der Waals surface area contributed by atoms with Gasteiger partial charge in [-0.1, -0.05) is 0 Å². The fourth-order valence-corrected chi connectivity index (χ4v) is 2.30. The van der Waals surface area contributed by atoms with Gasteiger partial charge in [0.2, 0.25) is 0 Å². The molecule has 0 aliphatic rings. The minimum atomic E-state index is 0.354. The molecule has 66 valence electrons. The number of allylic oxidation sites excluding steroid dienone is 1. The first-order valence-electron chi connectivity index (χ1n) is 4.06. The van der Waals surface area contributed by atoms with Crippen molar-refractivity contribution in [2.24, 2.45) is 5.41 Å². The third kappa shape index (κ3) is 10.3. The van der Waals surface area contributed by atoms with Crippen molar-refractivity contribution in [3.63, 3.8) is 0 Å². The van der Waals surface area contributed by atoms with Crippen molar-refractivity contribution in [1.29, 1.82) is 0 Å². The number of rotatable bonds is 1. The predicted octanol–water partition coefficient (Wildman–Crippen LogP) is 3.47. The topological polar surface area (TPSA) is 0 Å². The first kappa shape index (κ1) is 11.3. The van der Waals surface area contributed by atoms with Crippen LogP contribution in [0.2, 0.25) is 4.31 Å². The van der Waals surface area contributed by atoms with E-state index in [2.05, 4.69) is 52.6 Å². The quantitative estimate of drug-likeness (QED) is 0.592. The summed E-state index contributed by atoms with van der Waals surface area (Å²) in [6.07, 6.45) is 2.32. The Balaban J connectivity index is 3.80.